The summed E-state index contributed by atoms with van der Waals surface area (Å²) in [4.78, 5) is 25.4. The molecule has 0 saturated heterocycles. The Morgan fingerprint density at radius 2 is 2.10 bits per heavy atom. The van der Waals surface area contributed by atoms with Crippen LogP contribution in [-0.4, -0.2) is 29.1 Å². The van der Waals surface area contributed by atoms with Crippen molar-refractivity contribution in [2.45, 2.75) is 10.1 Å². The van der Waals surface area contributed by atoms with Crippen LogP contribution in [0.4, 0.5) is 5.82 Å². The summed E-state index contributed by atoms with van der Waals surface area (Å²) in [6.45, 7) is 0. The van der Waals surface area contributed by atoms with Gasteiger partial charge in [0.25, 0.3) is 5.09 Å². The Bertz CT molecular complexity index is 607. The van der Waals surface area contributed by atoms with Crippen molar-refractivity contribution < 1.29 is 9.92 Å². The molecule has 2 rings (SSSR count). The van der Waals surface area contributed by atoms with Crippen molar-refractivity contribution in [1.82, 2.24) is 9.97 Å². The largest absolute Gasteiger partial charge is 0.363 e. The van der Waals surface area contributed by atoms with Gasteiger partial charge in [0.15, 0.2) is 5.75 Å². The molecule has 0 aliphatic heterocycles. The number of aromatic nitrogens is 2. The zero-order valence-electron chi connectivity index (χ0n) is 10.9. The normalized spacial score (nSPS) is 10.1. The Morgan fingerprint density at radius 1 is 1.30 bits per heavy atom. The molecule has 0 bridgehead atoms. The Balaban J connectivity index is 2.35. The summed E-state index contributed by atoms with van der Waals surface area (Å²) >= 11 is 1.21. The van der Waals surface area contributed by atoms with Crippen LogP contribution in [0.3, 0.4) is 0 Å². The minimum Gasteiger partial charge on any atom is -0.363 e. The second kappa shape index (κ2) is 6.20. The first-order valence-corrected chi connectivity index (χ1v) is 6.47. The van der Waals surface area contributed by atoms with Gasteiger partial charge in [-0.25, -0.2) is 9.97 Å². The number of pyridine rings is 2. The van der Waals surface area contributed by atoms with Crippen molar-refractivity contribution in [2.24, 2.45) is 0 Å². The quantitative estimate of drug-likeness (QED) is 0.617. The molecule has 0 N–H and O–H groups in total. The molecule has 7 nitrogen and oxygen atoms in total. The van der Waals surface area contributed by atoms with E-state index < -0.39 is 5.09 Å². The number of nitrogens with zero attached hydrogens (tertiary/aromatic N) is 4. The van der Waals surface area contributed by atoms with Gasteiger partial charge < -0.3 is 4.90 Å². The van der Waals surface area contributed by atoms with Gasteiger partial charge in [-0.3, -0.25) is 4.84 Å². The van der Waals surface area contributed by atoms with Crippen LogP contribution in [0.15, 0.2) is 46.6 Å². The number of hydrogen-bond donors (Lipinski definition) is 0. The molecule has 0 aliphatic carbocycles. The molecule has 0 unspecified atom stereocenters. The van der Waals surface area contributed by atoms with E-state index in [4.69, 9.17) is 0 Å². The summed E-state index contributed by atoms with van der Waals surface area (Å²) in [5, 5.41) is 10.7. The van der Waals surface area contributed by atoms with Crippen LogP contribution in [0.1, 0.15) is 0 Å². The summed E-state index contributed by atoms with van der Waals surface area (Å²) in [5.74, 6) is 0.774. The molecule has 2 aromatic heterocycles. The van der Waals surface area contributed by atoms with Crippen molar-refractivity contribution >= 4 is 17.6 Å². The highest BCUT2D eigenvalue weighted by molar-refractivity contribution is 7.99. The fraction of sp³-hybridized carbons (Fsp3) is 0.167. The number of rotatable bonds is 5. The lowest BCUT2D eigenvalue weighted by atomic mass is 10.4. The van der Waals surface area contributed by atoms with Crippen LogP contribution < -0.4 is 9.74 Å². The third kappa shape index (κ3) is 3.58. The zero-order valence-corrected chi connectivity index (χ0v) is 11.7. The molecule has 8 heteroatoms. The smallest absolute Gasteiger partial charge is 0.299 e. The fourth-order valence-corrected chi connectivity index (χ4v) is 2.20. The summed E-state index contributed by atoms with van der Waals surface area (Å²) in [6, 6.07) is 8.60. The molecule has 20 heavy (non-hydrogen) atoms. The van der Waals surface area contributed by atoms with Crippen LogP contribution in [0.2, 0.25) is 0 Å². The van der Waals surface area contributed by atoms with E-state index in [0.29, 0.717) is 15.9 Å². The van der Waals surface area contributed by atoms with Crippen molar-refractivity contribution in [3.8, 4) is 5.75 Å². The highest BCUT2D eigenvalue weighted by Crippen LogP contribution is 2.33. The van der Waals surface area contributed by atoms with E-state index in [-0.39, 0.29) is 5.75 Å². The lowest BCUT2D eigenvalue weighted by molar-refractivity contribution is -0.711. The van der Waals surface area contributed by atoms with Crippen LogP contribution in [-0.2, 0) is 0 Å². The Morgan fingerprint density at radius 3 is 2.70 bits per heavy atom. The number of hydrogen-bond acceptors (Lipinski definition) is 7. The molecule has 2 aromatic rings. The summed E-state index contributed by atoms with van der Waals surface area (Å²) in [7, 11) is 3.68. The third-order valence-corrected chi connectivity index (χ3v) is 3.22. The maximum atomic E-state index is 10.5. The maximum absolute atomic E-state index is 10.5. The van der Waals surface area contributed by atoms with Crippen LogP contribution in [0.25, 0.3) is 0 Å². The Labute approximate surface area is 119 Å². The molecule has 0 amide bonds. The standard InChI is InChI=1S/C12H12N4O3S/c1-15(2)10-7-6-9(19-16(17)18)12(14-10)20-11-5-3-4-8-13-11/h3-8H,1-2H3. The van der Waals surface area contributed by atoms with E-state index in [2.05, 4.69) is 14.8 Å². The lowest BCUT2D eigenvalue weighted by Crippen LogP contribution is -2.12. The zero-order chi connectivity index (χ0) is 14.5. The van der Waals surface area contributed by atoms with Gasteiger partial charge in [0, 0.05) is 20.3 Å². The molecule has 0 aliphatic rings. The first kappa shape index (κ1) is 14.1. The Kier molecular flexibility index (Phi) is 4.36. The van der Waals surface area contributed by atoms with Crippen molar-refractivity contribution in [1.29, 1.82) is 0 Å². The van der Waals surface area contributed by atoms with Crippen LogP contribution in [0, 0.1) is 10.1 Å². The molecule has 0 spiro atoms. The van der Waals surface area contributed by atoms with Crippen LogP contribution in [0.5, 0.6) is 5.75 Å². The highest BCUT2D eigenvalue weighted by atomic mass is 32.2. The summed E-state index contributed by atoms with van der Waals surface area (Å²) in [5.41, 5.74) is 0. The van der Waals surface area contributed by atoms with Gasteiger partial charge >= 0.3 is 0 Å². The molecule has 0 fully saturated rings. The molecule has 0 aromatic carbocycles. The van der Waals surface area contributed by atoms with Gasteiger partial charge in [0.2, 0.25) is 0 Å². The summed E-state index contributed by atoms with van der Waals surface area (Å²) in [6.07, 6.45) is 1.65. The summed E-state index contributed by atoms with van der Waals surface area (Å²) < 4.78 is 0. The fourth-order valence-electron chi connectivity index (χ4n) is 1.40. The predicted octanol–water partition coefficient (Wildman–Crippen LogP) is 2.26. The van der Waals surface area contributed by atoms with E-state index in [9.17, 15) is 10.1 Å². The third-order valence-electron chi connectivity index (χ3n) is 2.28. The average Bonchev–Trinajstić information content (AvgIpc) is 2.41. The second-order valence-corrected chi connectivity index (χ2v) is 4.96. The van der Waals surface area contributed by atoms with Gasteiger partial charge in [-0.2, -0.15) is 0 Å². The lowest BCUT2D eigenvalue weighted by Gasteiger charge is -2.13. The van der Waals surface area contributed by atoms with Gasteiger partial charge in [0.05, 0.1) is 0 Å². The molecular formula is C12H12N4O3S. The molecule has 0 radical (unpaired) electrons. The van der Waals surface area contributed by atoms with E-state index in [1.165, 1.54) is 17.8 Å². The second-order valence-electron chi connectivity index (χ2n) is 3.95. The van der Waals surface area contributed by atoms with Gasteiger partial charge in [-0.15, -0.1) is 10.1 Å². The highest BCUT2D eigenvalue weighted by Gasteiger charge is 2.13. The average molecular weight is 292 g/mol. The molecule has 0 atom stereocenters. The van der Waals surface area contributed by atoms with Gasteiger partial charge in [-0.1, -0.05) is 6.07 Å². The van der Waals surface area contributed by atoms with Gasteiger partial charge in [-0.05, 0) is 36.0 Å². The van der Waals surface area contributed by atoms with Crippen molar-refractivity contribution in [3.63, 3.8) is 0 Å². The first-order valence-electron chi connectivity index (χ1n) is 5.66. The van der Waals surface area contributed by atoms with E-state index >= 15 is 0 Å². The topological polar surface area (TPSA) is 81.4 Å². The van der Waals surface area contributed by atoms with Crippen molar-refractivity contribution in [3.05, 3.63) is 46.6 Å². The van der Waals surface area contributed by atoms with E-state index in [1.807, 2.05) is 20.2 Å². The Hall–Kier alpha value is -2.35. The SMILES string of the molecule is CN(C)c1ccc(O[N+](=O)[O-])c(Sc2ccccn2)n1. The molecule has 104 valence electrons. The van der Waals surface area contributed by atoms with E-state index in [0.717, 1.165) is 0 Å². The monoisotopic (exact) mass is 292 g/mol. The molecular weight excluding hydrogens is 280 g/mol. The van der Waals surface area contributed by atoms with Crippen molar-refractivity contribution in [2.75, 3.05) is 19.0 Å². The maximum Gasteiger partial charge on any atom is 0.299 e. The van der Waals surface area contributed by atoms with Crippen LogP contribution >= 0.6 is 11.8 Å². The number of anilines is 1. The van der Waals surface area contributed by atoms with Gasteiger partial charge in [0.1, 0.15) is 15.9 Å². The molecule has 0 saturated carbocycles. The minimum atomic E-state index is -0.852. The minimum absolute atomic E-state index is 0.0938. The molecule has 2 heterocycles. The first-order chi connectivity index (χ1) is 9.56. The predicted molar refractivity (Wildman–Crippen MR) is 74.5 cm³/mol. The van der Waals surface area contributed by atoms with E-state index in [1.54, 1.807) is 29.3 Å².